The van der Waals surface area contributed by atoms with Crippen LogP contribution in [0.5, 0.6) is 0 Å². The minimum absolute atomic E-state index is 0.872. The molecule has 0 amide bonds. The molecule has 2 heterocycles. The Hall–Kier alpha value is -4.82. The van der Waals surface area contributed by atoms with Crippen molar-refractivity contribution in [3.63, 3.8) is 0 Å². The zero-order chi connectivity index (χ0) is 30.5. The Labute approximate surface area is 262 Å². The first-order valence-electron chi connectivity index (χ1n) is 16.0. The normalized spacial score (nSPS) is 11.1. The molecular formula is C42H40N2. The topological polar surface area (TPSA) is 25.8 Å². The van der Waals surface area contributed by atoms with Gasteiger partial charge in [0.15, 0.2) is 0 Å². The third kappa shape index (κ3) is 6.12. The van der Waals surface area contributed by atoms with Gasteiger partial charge < -0.3 is 0 Å². The van der Waals surface area contributed by atoms with Crippen LogP contribution in [0.3, 0.4) is 0 Å². The molecule has 0 N–H and O–H groups in total. The first-order chi connectivity index (χ1) is 21.6. The van der Waals surface area contributed by atoms with Crippen molar-refractivity contribution in [2.75, 3.05) is 0 Å². The van der Waals surface area contributed by atoms with E-state index >= 15 is 0 Å². The third-order valence-corrected chi connectivity index (χ3v) is 8.76. The molecule has 0 unspecified atom stereocenters. The van der Waals surface area contributed by atoms with E-state index in [1.807, 2.05) is 12.4 Å². The van der Waals surface area contributed by atoms with Crippen LogP contribution in [0.2, 0.25) is 0 Å². The lowest BCUT2D eigenvalue weighted by molar-refractivity contribution is 1.09. The van der Waals surface area contributed by atoms with Gasteiger partial charge in [-0.05, 0) is 117 Å². The molecule has 0 aliphatic rings. The van der Waals surface area contributed by atoms with Crippen LogP contribution >= 0.6 is 0 Å². The summed E-state index contributed by atoms with van der Waals surface area (Å²) in [5.41, 5.74) is 17.1. The molecule has 4 aromatic carbocycles. The molecule has 0 spiro atoms. The summed E-state index contributed by atoms with van der Waals surface area (Å²) in [7, 11) is 0. The molecule has 218 valence electrons. The summed E-state index contributed by atoms with van der Waals surface area (Å²) in [6, 6.07) is 40.0. The Morgan fingerprint density at radius 1 is 0.364 bits per heavy atom. The molecule has 2 nitrogen and oxygen atoms in total. The van der Waals surface area contributed by atoms with Crippen molar-refractivity contribution in [3.8, 4) is 55.9 Å². The molecule has 0 bridgehead atoms. The van der Waals surface area contributed by atoms with E-state index in [0.717, 1.165) is 48.2 Å². The molecule has 6 aromatic rings. The second-order valence-corrected chi connectivity index (χ2v) is 11.4. The van der Waals surface area contributed by atoms with Crippen LogP contribution in [0.25, 0.3) is 55.9 Å². The van der Waals surface area contributed by atoms with Crippen molar-refractivity contribution < 1.29 is 0 Å². The van der Waals surface area contributed by atoms with Gasteiger partial charge in [0.05, 0.1) is 11.4 Å². The van der Waals surface area contributed by atoms with Crippen LogP contribution in [0, 0.1) is 0 Å². The van der Waals surface area contributed by atoms with Crippen molar-refractivity contribution in [2.45, 2.75) is 53.4 Å². The summed E-state index contributed by atoms with van der Waals surface area (Å²) in [6.07, 6.45) is 7.96. The number of rotatable bonds is 9. The van der Waals surface area contributed by atoms with Crippen molar-refractivity contribution in [1.82, 2.24) is 9.97 Å². The molecule has 2 aromatic heterocycles. The molecule has 6 rings (SSSR count). The fraction of sp³-hybridized carbons (Fsp3) is 0.190. The van der Waals surface area contributed by atoms with Crippen molar-refractivity contribution in [3.05, 3.63) is 144 Å². The Balaban J connectivity index is 1.24. The maximum atomic E-state index is 4.70. The van der Waals surface area contributed by atoms with E-state index in [9.17, 15) is 0 Å². The Kier molecular flexibility index (Phi) is 8.79. The lowest BCUT2D eigenvalue weighted by Crippen LogP contribution is -1.92. The standard InChI is InChI=1S/C42H40N2/c1-5-29-9-19-39(31(7-3)25-29)35-15-11-33(12-16-35)37-21-23-43-41(27-37)42-28-38(22-24-44-42)34-13-17-36(18-14-34)40-20-10-30(6-2)26-32(40)8-4/h9-28H,5-8H2,1-4H3. The minimum Gasteiger partial charge on any atom is -0.255 e. The summed E-state index contributed by atoms with van der Waals surface area (Å²) in [4.78, 5) is 9.40. The van der Waals surface area contributed by atoms with Gasteiger partial charge in [0, 0.05) is 12.4 Å². The molecule has 44 heavy (non-hydrogen) atoms. The van der Waals surface area contributed by atoms with Crippen molar-refractivity contribution in [1.29, 1.82) is 0 Å². The average Bonchev–Trinajstić information content (AvgIpc) is 3.11. The highest BCUT2D eigenvalue weighted by atomic mass is 14.8. The van der Waals surface area contributed by atoms with Crippen LogP contribution in [0.4, 0.5) is 0 Å². The molecule has 0 radical (unpaired) electrons. The SMILES string of the molecule is CCc1ccc(-c2ccc(-c3ccnc(-c4cc(-c5ccc(-c6ccc(CC)cc6CC)cc5)ccn4)c3)cc2)c(CC)c1. The highest BCUT2D eigenvalue weighted by Crippen LogP contribution is 2.32. The molecule has 0 aliphatic carbocycles. The molecule has 0 saturated carbocycles. The molecule has 0 atom stereocenters. The second-order valence-electron chi connectivity index (χ2n) is 11.4. The summed E-state index contributed by atoms with van der Waals surface area (Å²) >= 11 is 0. The first-order valence-corrected chi connectivity index (χ1v) is 16.0. The van der Waals surface area contributed by atoms with Crippen molar-refractivity contribution >= 4 is 0 Å². The fourth-order valence-corrected chi connectivity index (χ4v) is 6.07. The predicted molar refractivity (Wildman–Crippen MR) is 187 cm³/mol. The van der Waals surface area contributed by atoms with E-state index in [-0.39, 0.29) is 0 Å². The summed E-state index contributed by atoms with van der Waals surface area (Å²) in [5, 5.41) is 0. The lowest BCUT2D eigenvalue weighted by Gasteiger charge is -2.12. The lowest BCUT2D eigenvalue weighted by atomic mass is 9.93. The molecule has 0 saturated heterocycles. The number of pyridine rings is 2. The number of aromatic nitrogens is 2. The van der Waals surface area contributed by atoms with Gasteiger partial charge >= 0.3 is 0 Å². The van der Waals surface area contributed by atoms with Gasteiger partial charge in [0.1, 0.15) is 0 Å². The van der Waals surface area contributed by atoms with Gasteiger partial charge in [-0.3, -0.25) is 9.97 Å². The number of aryl methyl sites for hydroxylation is 4. The van der Waals surface area contributed by atoms with E-state index in [1.165, 1.54) is 55.6 Å². The summed E-state index contributed by atoms with van der Waals surface area (Å²) in [6.45, 7) is 8.89. The van der Waals surface area contributed by atoms with Gasteiger partial charge in [-0.15, -0.1) is 0 Å². The summed E-state index contributed by atoms with van der Waals surface area (Å²) < 4.78 is 0. The van der Waals surface area contributed by atoms with E-state index in [2.05, 4.69) is 137 Å². The largest absolute Gasteiger partial charge is 0.255 e. The maximum absolute atomic E-state index is 4.70. The highest BCUT2D eigenvalue weighted by molar-refractivity contribution is 5.77. The van der Waals surface area contributed by atoms with Crippen LogP contribution < -0.4 is 0 Å². The number of hydrogen-bond acceptors (Lipinski definition) is 2. The Morgan fingerprint density at radius 3 is 1.11 bits per heavy atom. The predicted octanol–water partition coefficient (Wildman–Crippen LogP) is 11.1. The molecule has 0 aliphatic heterocycles. The van der Waals surface area contributed by atoms with Crippen LogP contribution in [-0.2, 0) is 25.7 Å². The van der Waals surface area contributed by atoms with Gasteiger partial charge in [-0.2, -0.15) is 0 Å². The summed E-state index contributed by atoms with van der Waals surface area (Å²) in [5.74, 6) is 0. The van der Waals surface area contributed by atoms with E-state index in [4.69, 9.17) is 9.97 Å². The number of benzene rings is 4. The van der Waals surface area contributed by atoms with Crippen LogP contribution in [0.1, 0.15) is 49.9 Å². The van der Waals surface area contributed by atoms with E-state index < -0.39 is 0 Å². The fourth-order valence-electron chi connectivity index (χ4n) is 6.07. The monoisotopic (exact) mass is 572 g/mol. The smallest absolute Gasteiger partial charge is 0.0892 e. The van der Waals surface area contributed by atoms with E-state index in [0.29, 0.717) is 0 Å². The average molecular weight is 573 g/mol. The Morgan fingerprint density at radius 2 is 0.750 bits per heavy atom. The first kappa shape index (κ1) is 29.3. The molecule has 2 heteroatoms. The molecule has 0 fully saturated rings. The van der Waals surface area contributed by atoms with Crippen LogP contribution in [-0.4, -0.2) is 9.97 Å². The van der Waals surface area contributed by atoms with Gasteiger partial charge in [-0.25, -0.2) is 0 Å². The third-order valence-electron chi connectivity index (χ3n) is 8.76. The number of hydrogen-bond donors (Lipinski definition) is 0. The van der Waals surface area contributed by atoms with Gasteiger partial charge in [0.25, 0.3) is 0 Å². The second kappa shape index (κ2) is 13.2. The van der Waals surface area contributed by atoms with Crippen molar-refractivity contribution in [2.24, 2.45) is 0 Å². The van der Waals surface area contributed by atoms with Gasteiger partial charge in [-0.1, -0.05) is 113 Å². The quantitative estimate of drug-likeness (QED) is 0.172. The zero-order valence-corrected chi connectivity index (χ0v) is 26.3. The molecular weight excluding hydrogens is 532 g/mol. The maximum Gasteiger partial charge on any atom is 0.0892 e. The Bertz CT molecular complexity index is 1740. The van der Waals surface area contributed by atoms with Crippen LogP contribution in [0.15, 0.2) is 122 Å². The van der Waals surface area contributed by atoms with Gasteiger partial charge in [0.2, 0.25) is 0 Å². The highest BCUT2D eigenvalue weighted by Gasteiger charge is 2.10. The minimum atomic E-state index is 0.872. The van der Waals surface area contributed by atoms with E-state index in [1.54, 1.807) is 0 Å². The zero-order valence-electron chi connectivity index (χ0n) is 26.3. The number of nitrogens with zero attached hydrogens (tertiary/aromatic N) is 2.